The number of morpholine rings is 1. The molecule has 0 unspecified atom stereocenters. The first-order valence-electron chi connectivity index (χ1n) is 9.42. The van der Waals surface area contributed by atoms with Gasteiger partial charge in [0.25, 0.3) is 5.91 Å². The summed E-state index contributed by atoms with van der Waals surface area (Å²) in [6.07, 6.45) is 4.58. The number of amides is 1. The highest BCUT2D eigenvalue weighted by atomic mass is 16.5. The zero-order valence-electron chi connectivity index (χ0n) is 15.6. The molecule has 2 saturated heterocycles. The summed E-state index contributed by atoms with van der Waals surface area (Å²) < 4.78 is 5.79. The molecule has 6 nitrogen and oxygen atoms in total. The summed E-state index contributed by atoms with van der Waals surface area (Å²) in [4.78, 5) is 21.8. The Morgan fingerprint density at radius 1 is 1.32 bits per heavy atom. The van der Waals surface area contributed by atoms with E-state index in [4.69, 9.17) is 4.74 Å². The van der Waals surface area contributed by atoms with Crippen molar-refractivity contribution in [2.75, 3.05) is 37.6 Å². The Balaban J connectivity index is 1.59. The Kier molecular flexibility index (Phi) is 5.91. The second-order valence-corrected chi connectivity index (χ2v) is 7.34. The van der Waals surface area contributed by atoms with Crippen LogP contribution >= 0.6 is 0 Å². The van der Waals surface area contributed by atoms with Crippen molar-refractivity contribution >= 4 is 11.7 Å². The standard InChI is InChI=1S/C19H30N4O2/c1-14(23-12-15(2)25-16(3)13-23)11-21-19(24)17-7-6-8-20-18(17)22-9-4-5-10-22/h6-8,14-16H,4-5,9-13H2,1-3H3,(H,21,24)/t14-,15-,16+/m0/s1. The Morgan fingerprint density at radius 3 is 2.68 bits per heavy atom. The minimum Gasteiger partial charge on any atom is -0.373 e. The Bertz CT molecular complexity index is 579. The van der Waals surface area contributed by atoms with Crippen molar-refractivity contribution in [3.05, 3.63) is 23.9 Å². The fourth-order valence-corrected chi connectivity index (χ4v) is 3.80. The number of ether oxygens (including phenoxy) is 1. The molecule has 2 aliphatic rings. The van der Waals surface area contributed by atoms with Gasteiger partial charge in [-0.05, 0) is 45.7 Å². The molecule has 6 heteroatoms. The highest BCUT2D eigenvalue weighted by Gasteiger charge is 2.26. The summed E-state index contributed by atoms with van der Waals surface area (Å²) in [7, 11) is 0. The minimum atomic E-state index is -0.0313. The van der Waals surface area contributed by atoms with Gasteiger partial charge in [-0.15, -0.1) is 0 Å². The predicted molar refractivity (Wildman–Crippen MR) is 99.1 cm³/mol. The zero-order valence-corrected chi connectivity index (χ0v) is 15.6. The number of pyridine rings is 1. The van der Waals surface area contributed by atoms with E-state index in [0.29, 0.717) is 12.1 Å². The van der Waals surface area contributed by atoms with Crippen LogP contribution in [-0.4, -0.2) is 66.8 Å². The highest BCUT2D eigenvalue weighted by molar-refractivity contribution is 5.98. The van der Waals surface area contributed by atoms with Gasteiger partial charge in [0.1, 0.15) is 5.82 Å². The molecular weight excluding hydrogens is 316 g/mol. The molecule has 0 radical (unpaired) electrons. The van der Waals surface area contributed by atoms with E-state index < -0.39 is 0 Å². The van der Waals surface area contributed by atoms with Crippen LogP contribution in [0.4, 0.5) is 5.82 Å². The monoisotopic (exact) mass is 346 g/mol. The lowest BCUT2D eigenvalue weighted by atomic mass is 10.1. The van der Waals surface area contributed by atoms with Crippen molar-refractivity contribution in [3.8, 4) is 0 Å². The maximum Gasteiger partial charge on any atom is 0.255 e. The number of rotatable bonds is 5. The van der Waals surface area contributed by atoms with E-state index in [1.54, 1.807) is 6.20 Å². The van der Waals surface area contributed by atoms with Crippen LogP contribution in [0.25, 0.3) is 0 Å². The van der Waals surface area contributed by atoms with E-state index in [0.717, 1.165) is 32.0 Å². The molecule has 0 spiro atoms. The SMILES string of the molecule is C[C@@H]1CN([C@@H](C)CNC(=O)c2cccnc2N2CCCC2)C[C@H](C)O1. The number of aromatic nitrogens is 1. The Labute approximate surface area is 150 Å². The fraction of sp³-hybridized carbons (Fsp3) is 0.684. The number of carbonyl (C=O) groups is 1. The van der Waals surface area contributed by atoms with Gasteiger partial charge < -0.3 is 15.0 Å². The van der Waals surface area contributed by atoms with Crippen LogP contribution in [0.5, 0.6) is 0 Å². The summed E-state index contributed by atoms with van der Waals surface area (Å²) in [5.74, 6) is 0.787. The molecule has 2 aliphatic heterocycles. The Morgan fingerprint density at radius 2 is 2.00 bits per heavy atom. The molecule has 3 heterocycles. The predicted octanol–water partition coefficient (Wildman–Crippen LogP) is 1.91. The van der Waals surface area contributed by atoms with Crippen molar-refractivity contribution in [1.29, 1.82) is 0 Å². The molecule has 25 heavy (non-hydrogen) atoms. The average molecular weight is 346 g/mol. The summed E-state index contributed by atoms with van der Waals surface area (Å²) in [5, 5.41) is 3.10. The lowest BCUT2D eigenvalue weighted by molar-refractivity contribution is -0.0778. The molecular formula is C19H30N4O2. The van der Waals surface area contributed by atoms with E-state index in [1.807, 2.05) is 12.1 Å². The fourth-order valence-electron chi connectivity index (χ4n) is 3.80. The van der Waals surface area contributed by atoms with Crippen LogP contribution in [0.2, 0.25) is 0 Å². The molecule has 0 bridgehead atoms. The van der Waals surface area contributed by atoms with Crippen LogP contribution in [0, 0.1) is 0 Å². The van der Waals surface area contributed by atoms with Gasteiger partial charge in [0, 0.05) is 45.0 Å². The van der Waals surface area contributed by atoms with Crippen LogP contribution in [0.1, 0.15) is 44.0 Å². The number of anilines is 1. The number of hydrogen-bond acceptors (Lipinski definition) is 5. The third-order valence-corrected chi connectivity index (χ3v) is 5.07. The molecule has 0 aromatic carbocycles. The van der Waals surface area contributed by atoms with E-state index in [2.05, 4.69) is 40.9 Å². The quantitative estimate of drug-likeness (QED) is 0.883. The van der Waals surface area contributed by atoms with Gasteiger partial charge in [-0.3, -0.25) is 9.69 Å². The first-order chi connectivity index (χ1) is 12.0. The second kappa shape index (κ2) is 8.15. The molecule has 1 aromatic heterocycles. The highest BCUT2D eigenvalue weighted by Crippen LogP contribution is 2.22. The van der Waals surface area contributed by atoms with Crippen LogP contribution in [0.15, 0.2) is 18.3 Å². The molecule has 3 rings (SSSR count). The zero-order chi connectivity index (χ0) is 17.8. The van der Waals surface area contributed by atoms with Gasteiger partial charge >= 0.3 is 0 Å². The van der Waals surface area contributed by atoms with Crippen molar-refractivity contribution in [2.24, 2.45) is 0 Å². The van der Waals surface area contributed by atoms with Gasteiger partial charge in [0.2, 0.25) is 0 Å². The summed E-state index contributed by atoms with van der Waals surface area (Å²) in [5.41, 5.74) is 0.681. The van der Waals surface area contributed by atoms with Gasteiger partial charge in [-0.1, -0.05) is 0 Å². The molecule has 0 aliphatic carbocycles. The lowest BCUT2D eigenvalue weighted by Gasteiger charge is -2.39. The molecule has 1 amide bonds. The van der Waals surface area contributed by atoms with E-state index in [-0.39, 0.29) is 24.2 Å². The first-order valence-corrected chi connectivity index (χ1v) is 9.42. The van der Waals surface area contributed by atoms with Gasteiger partial charge in [0.15, 0.2) is 0 Å². The average Bonchev–Trinajstić information content (AvgIpc) is 3.13. The second-order valence-electron chi connectivity index (χ2n) is 7.34. The van der Waals surface area contributed by atoms with Crippen molar-refractivity contribution in [1.82, 2.24) is 15.2 Å². The van der Waals surface area contributed by atoms with Crippen molar-refractivity contribution < 1.29 is 9.53 Å². The third kappa shape index (κ3) is 4.50. The molecule has 138 valence electrons. The topological polar surface area (TPSA) is 57.7 Å². The number of nitrogens with zero attached hydrogens (tertiary/aromatic N) is 3. The normalized spacial score (nSPS) is 25.8. The first kappa shape index (κ1) is 18.1. The minimum absolute atomic E-state index is 0.0313. The third-order valence-electron chi connectivity index (χ3n) is 5.07. The van der Waals surface area contributed by atoms with Crippen molar-refractivity contribution in [3.63, 3.8) is 0 Å². The van der Waals surface area contributed by atoms with Gasteiger partial charge in [-0.25, -0.2) is 4.98 Å². The van der Waals surface area contributed by atoms with Gasteiger partial charge in [-0.2, -0.15) is 0 Å². The smallest absolute Gasteiger partial charge is 0.255 e. The number of hydrogen-bond donors (Lipinski definition) is 1. The molecule has 3 atom stereocenters. The molecule has 0 saturated carbocycles. The van der Waals surface area contributed by atoms with E-state index >= 15 is 0 Å². The van der Waals surface area contributed by atoms with E-state index in [9.17, 15) is 4.79 Å². The largest absolute Gasteiger partial charge is 0.373 e. The summed E-state index contributed by atoms with van der Waals surface area (Å²) in [6, 6.07) is 3.99. The lowest BCUT2D eigenvalue weighted by Crippen LogP contribution is -2.52. The maximum atomic E-state index is 12.7. The molecule has 2 fully saturated rings. The number of carbonyl (C=O) groups excluding carboxylic acids is 1. The maximum absolute atomic E-state index is 12.7. The molecule has 1 N–H and O–H groups in total. The molecule has 1 aromatic rings. The van der Waals surface area contributed by atoms with Gasteiger partial charge in [0.05, 0.1) is 17.8 Å². The summed E-state index contributed by atoms with van der Waals surface area (Å²) >= 11 is 0. The van der Waals surface area contributed by atoms with Crippen molar-refractivity contribution in [2.45, 2.75) is 51.9 Å². The Hall–Kier alpha value is -1.66. The van der Waals surface area contributed by atoms with Crippen LogP contribution < -0.4 is 10.2 Å². The number of nitrogens with one attached hydrogen (secondary N) is 1. The van der Waals surface area contributed by atoms with Crippen LogP contribution in [0.3, 0.4) is 0 Å². The van der Waals surface area contributed by atoms with Crippen LogP contribution in [-0.2, 0) is 4.74 Å². The van der Waals surface area contributed by atoms with E-state index in [1.165, 1.54) is 12.8 Å². The summed E-state index contributed by atoms with van der Waals surface area (Å²) in [6.45, 7) is 10.8.